The fraction of sp³-hybridized carbons (Fsp3) is 0.385. The van der Waals surface area contributed by atoms with Gasteiger partial charge in [-0.2, -0.15) is 0 Å². The minimum atomic E-state index is -0.0221. The monoisotopic (exact) mass is 220 g/mol. The lowest BCUT2D eigenvalue weighted by Crippen LogP contribution is -2.09. The highest BCUT2D eigenvalue weighted by atomic mass is 16.5. The van der Waals surface area contributed by atoms with E-state index in [1.807, 2.05) is 30.3 Å². The van der Waals surface area contributed by atoms with Gasteiger partial charge in [0.1, 0.15) is 12.4 Å². The molecule has 0 amide bonds. The van der Waals surface area contributed by atoms with E-state index in [0.717, 1.165) is 5.56 Å². The van der Waals surface area contributed by atoms with Gasteiger partial charge in [-0.25, -0.2) is 0 Å². The molecule has 0 unspecified atom stereocenters. The predicted molar refractivity (Wildman–Crippen MR) is 61.0 cm³/mol. The van der Waals surface area contributed by atoms with E-state index in [9.17, 15) is 9.59 Å². The third kappa shape index (κ3) is 5.41. The van der Waals surface area contributed by atoms with Crippen LogP contribution in [0.1, 0.15) is 25.3 Å². The van der Waals surface area contributed by atoms with Gasteiger partial charge >= 0.3 is 0 Å². The summed E-state index contributed by atoms with van der Waals surface area (Å²) in [5.41, 5.74) is 1.04. The number of benzene rings is 1. The number of carbonyl (C=O) groups excluding carboxylic acids is 2. The Bertz CT molecular complexity index is 343. The van der Waals surface area contributed by atoms with Gasteiger partial charge in [0.25, 0.3) is 0 Å². The molecule has 0 saturated carbocycles. The number of rotatable bonds is 7. The quantitative estimate of drug-likeness (QED) is 0.707. The molecule has 86 valence electrons. The molecule has 0 bridgehead atoms. The minimum Gasteiger partial charge on any atom is -0.369 e. The lowest BCUT2D eigenvalue weighted by atomic mass is 10.2. The second-order valence-electron chi connectivity index (χ2n) is 3.72. The van der Waals surface area contributed by atoms with Gasteiger partial charge in [-0.3, -0.25) is 4.79 Å². The zero-order valence-electron chi connectivity index (χ0n) is 9.44. The van der Waals surface area contributed by atoms with Crippen LogP contribution in [0.3, 0.4) is 0 Å². The van der Waals surface area contributed by atoms with Crippen LogP contribution in [0.2, 0.25) is 0 Å². The summed E-state index contributed by atoms with van der Waals surface area (Å²) in [7, 11) is 0. The summed E-state index contributed by atoms with van der Waals surface area (Å²) >= 11 is 0. The number of carbonyl (C=O) groups is 2. The average Bonchev–Trinajstić information content (AvgIpc) is 2.28. The smallest absolute Gasteiger partial charge is 0.158 e. The second kappa shape index (κ2) is 6.90. The summed E-state index contributed by atoms with van der Waals surface area (Å²) in [5, 5.41) is 0. The van der Waals surface area contributed by atoms with E-state index in [4.69, 9.17) is 4.74 Å². The average molecular weight is 220 g/mol. The molecule has 1 aromatic rings. The third-order valence-electron chi connectivity index (χ3n) is 2.13. The van der Waals surface area contributed by atoms with Gasteiger partial charge in [0.05, 0.1) is 6.61 Å². The van der Waals surface area contributed by atoms with Crippen molar-refractivity contribution in [3.63, 3.8) is 0 Å². The molecule has 0 N–H and O–H groups in total. The molecule has 0 fully saturated rings. The topological polar surface area (TPSA) is 43.4 Å². The van der Waals surface area contributed by atoms with Crippen LogP contribution in [0.5, 0.6) is 0 Å². The molecule has 1 aromatic carbocycles. The Hall–Kier alpha value is -1.48. The molecule has 1 rings (SSSR count). The molecule has 0 atom stereocenters. The maximum atomic E-state index is 11.3. The predicted octanol–water partition coefficient (Wildman–Crippen LogP) is 2.14. The van der Waals surface area contributed by atoms with Crippen molar-refractivity contribution in [3.05, 3.63) is 35.9 Å². The highest BCUT2D eigenvalue weighted by Gasteiger charge is 2.04. The molecule has 16 heavy (non-hydrogen) atoms. The zero-order valence-corrected chi connectivity index (χ0v) is 9.44. The lowest BCUT2D eigenvalue weighted by Gasteiger charge is -2.03. The molecule has 3 nitrogen and oxygen atoms in total. The Morgan fingerprint density at radius 2 is 1.81 bits per heavy atom. The molecule has 0 aliphatic rings. The Kier molecular flexibility index (Phi) is 5.43. The minimum absolute atomic E-state index is 0.0221. The van der Waals surface area contributed by atoms with Crippen molar-refractivity contribution in [2.45, 2.75) is 26.4 Å². The molecule has 0 aromatic heterocycles. The third-order valence-corrected chi connectivity index (χ3v) is 2.13. The van der Waals surface area contributed by atoms with E-state index >= 15 is 0 Å². The van der Waals surface area contributed by atoms with Crippen LogP contribution in [0.25, 0.3) is 0 Å². The van der Waals surface area contributed by atoms with Crippen molar-refractivity contribution >= 4 is 11.6 Å². The molecular weight excluding hydrogens is 204 g/mol. The van der Waals surface area contributed by atoms with Crippen LogP contribution in [0.15, 0.2) is 30.3 Å². The maximum absolute atomic E-state index is 11.3. The van der Waals surface area contributed by atoms with Gasteiger partial charge in [-0.15, -0.1) is 0 Å². The number of hydrogen-bond acceptors (Lipinski definition) is 3. The fourth-order valence-corrected chi connectivity index (χ4v) is 1.24. The van der Waals surface area contributed by atoms with Gasteiger partial charge in [0.2, 0.25) is 0 Å². The van der Waals surface area contributed by atoms with E-state index in [1.54, 1.807) is 0 Å². The van der Waals surface area contributed by atoms with E-state index < -0.39 is 0 Å². The van der Waals surface area contributed by atoms with Gasteiger partial charge in [-0.05, 0) is 12.5 Å². The van der Waals surface area contributed by atoms with Crippen molar-refractivity contribution < 1.29 is 14.3 Å². The van der Waals surface area contributed by atoms with Gasteiger partial charge < -0.3 is 9.53 Å². The van der Waals surface area contributed by atoms with Crippen LogP contribution < -0.4 is 0 Å². The van der Waals surface area contributed by atoms with Crippen LogP contribution in [0.4, 0.5) is 0 Å². The lowest BCUT2D eigenvalue weighted by molar-refractivity contribution is -0.126. The summed E-state index contributed by atoms with van der Waals surface area (Å²) in [6.45, 7) is 2.01. The summed E-state index contributed by atoms with van der Waals surface area (Å²) in [4.78, 5) is 21.9. The van der Waals surface area contributed by atoms with E-state index in [1.165, 1.54) is 6.92 Å². The van der Waals surface area contributed by atoms with Crippen molar-refractivity contribution in [2.75, 3.05) is 6.61 Å². The van der Waals surface area contributed by atoms with Crippen molar-refractivity contribution in [3.8, 4) is 0 Å². The Balaban J connectivity index is 2.16. The Labute approximate surface area is 95.4 Å². The van der Waals surface area contributed by atoms with Crippen molar-refractivity contribution in [1.82, 2.24) is 0 Å². The largest absolute Gasteiger partial charge is 0.369 e. The first-order valence-electron chi connectivity index (χ1n) is 5.31. The maximum Gasteiger partial charge on any atom is 0.158 e. The summed E-state index contributed by atoms with van der Waals surface area (Å²) in [6.07, 6.45) is 0.595. The van der Waals surface area contributed by atoms with Crippen LogP contribution in [0, 0.1) is 0 Å². The van der Waals surface area contributed by atoms with Crippen LogP contribution in [-0.2, 0) is 20.9 Å². The molecule has 0 aliphatic heterocycles. The zero-order chi connectivity index (χ0) is 11.8. The number of Topliss-reactive ketones (excluding diaryl/α,β-unsaturated/α-hetero) is 2. The Morgan fingerprint density at radius 3 is 2.44 bits per heavy atom. The summed E-state index contributed by atoms with van der Waals surface area (Å²) < 4.78 is 5.25. The van der Waals surface area contributed by atoms with Crippen LogP contribution in [-0.4, -0.2) is 18.2 Å². The summed E-state index contributed by atoms with van der Waals surface area (Å²) in [6, 6.07) is 9.67. The van der Waals surface area contributed by atoms with E-state index in [0.29, 0.717) is 13.0 Å². The molecule has 3 heteroatoms. The van der Waals surface area contributed by atoms with Gasteiger partial charge in [-0.1, -0.05) is 30.3 Å². The molecule has 0 saturated heterocycles. The van der Waals surface area contributed by atoms with E-state index in [-0.39, 0.29) is 24.6 Å². The second-order valence-corrected chi connectivity index (χ2v) is 3.72. The van der Waals surface area contributed by atoms with Crippen molar-refractivity contribution in [1.29, 1.82) is 0 Å². The SMILES string of the molecule is CC(=O)CCC(=O)COCc1ccccc1. The normalized spacial score (nSPS) is 10.1. The highest BCUT2D eigenvalue weighted by molar-refractivity contribution is 5.85. The van der Waals surface area contributed by atoms with E-state index in [2.05, 4.69) is 0 Å². The molecule has 0 heterocycles. The molecule has 0 spiro atoms. The number of ketones is 2. The summed E-state index contributed by atoms with van der Waals surface area (Å²) in [5.74, 6) is 0.0162. The van der Waals surface area contributed by atoms with Gasteiger partial charge in [0, 0.05) is 12.8 Å². The van der Waals surface area contributed by atoms with Gasteiger partial charge in [0.15, 0.2) is 5.78 Å². The number of ether oxygens (including phenoxy) is 1. The number of hydrogen-bond donors (Lipinski definition) is 0. The first kappa shape index (κ1) is 12.6. The Morgan fingerprint density at radius 1 is 1.12 bits per heavy atom. The molecular formula is C13H16O3. The van der Waals surface area contributed by atoms with Crippen molar-refractivity contribution in [2.24, 2.45) is 0 Å². The standard InChI is InChI=1S/C13H16O3/c1-11(14)7-8-13(15)10-16-9-12-5-3-2-4-6-12/h2-6H,7-10H2,1H3. The first-order valence-corrected chi connectivity index (χ1v) is 5.31. The molecule has 0 radical (unpaired) electrons. The first-order chi connectivity index (χ1) is 7.68. The highest BCUT2D eigenvalue weighted by Crippen LogP contribution is 2.01. The fourth-order valence-electron chi connectivity index (χ4n) is 1.24. The molecule has 0 aliphatic carbocycles. The van der Waals surface area contributed by atoms with Crippen LogP contribution >= 0.6 is 0 Å².